The van der Waals surface area contributed by atoms with Gasteiger partial charge in [-0.05, 0) is 45.1 Å². The monoisotopic (exact) mass is 254 g/mol. The number of carbonyl (C=O) groups excluding carboxylic acids is 1. The summed E-state index contributed by atoms with van der Waals surface area (Å²) in [5.41, 5.74) is 0. The van der Waals surface area contributed by atoms with E-state index in [0.29, 0.717) is 24.4 Å². The first-order valence-electron chi connectivity index (χ1n) is 7.29. The third kappa shape index (κ3) is 3.95. The minimum absolute atomic E-state index is 0.195. The van der Waals surface area contributed by atoms with Crippen LogP contribution in [0.25, 0.3) is 0 Å². The molecule has 4 heteroatoms. The van der Waals surface area contributed by atoms with Crippen LogP contribution in [0.2, 0.25) is 0 Å². The molecular weight excluding hydrogens is 228 g/mol. The zero-order chi connectivity index (χ0) is 13.0. The maximum atomic E-state index is 12.0. The lowest BCUT2D eigenvalue weighted by atomic mass is 9.90. The molecule has 4 atom stereocenters. The maximum Gasteiger partial charge on any atom is 0.221 e. The number of nitrogens with one attached hydrogen (secondary N) is 2. The molecule has 0 aromatic rings. The highest BCUT2D eigenvalue weighted by Crippen LogP contribution is 2.18. The van der Waals surface area contributed by atoms with Crippen molar-refractivity contribution in [3.8, 4) is 0 Å². The van der Waals surface area contributed by atoms with Crippen molar-refractivity contribution < 1.29 is 9.53 Å². The van der Waals surface area contributed by atoms with Gasteiger partial charge < -0.3 is 15.4 Å². The van der Waals surface area contributed by atoms with E-state index in [1.54, 1.807) is 0 Å². The number of rotatable bonds is 3. The first-order chi connectivity index (χ1) is 8.65. The fourth-order valence-electron chi connectivity index (χ4n) is 3.00. The Morgan fingerprint density at radius 2 is 2.22 bits per heavy atom. The van der Waals surface area contributed by atoms with Crippen LogP contribution < -0.4 is 10.6 Å². The first kappa shape index (κ1) is 13.8. The molecule has 0 aromatic carbocycles. The fourth-order valence-corrected chi connectivity index (χ4v) is 3.00. The number of piperidine rings is 1. The Labute approximate surface area is 110 Å². The summed E-state index contributed by atoms with van der Waals surface area (Å²) in [7, 11) is 0. The molecule has 2 heterocycles. The van der Waals surface area contributed by atoms with Crippen molar-refractivity contribution in [3.63, 3.8) is 0 Å². The highest BCUT2D eigenvalue weighted by atomic mass is 16.5. The van der Waals surface area contributed by atoms with Crippen LogP contribution in [0.5, 0.6) is 0 Å². The van der Waals surface area contributed by atoms with E-state index in [9.17, 15) is 4.79 Å². The van der Waals surface area contributed by atoms with Gasteiger partial charge in [0.15, 0.2) is 0 Å². The number of hydrogen-bond acceptors (Lipinski definition) is 3. The van der Waals surface area contributed by atoms with Crippen LogP contribution in [0.3, 0.4) is 0 Å². The van der Waals surface area contributed by atoms with E-state index in [-0.39, 0.29) is 12.0 Å². The van der Waals surface area contributed by atoms with Crippen molar-refractivity contribution in [2.24, 2.45) is 5.92 Å². The SMILES string of the molecule is CC1CC(NC(=O)CC2NCCCC2C)CCO1. The summed E-state index contributed by atoms with van der Waals surface area (Å²) in [6.45, 7) is 6.13. The van der Waals surface area contributed by atoms with Crippen molar-refractivity contribution >= 4 is 5.91 Å². The lowest BCUT2D eigenvalue weighted by molar-refractivity contribution is -0.123. The molecule has 104 valence electrons. The van der Waals surface area contributed by atoms with Crippen molar-refractivity contribution in [3.05, 3.63) is 0 Å². The molecule has 4 unspecified atom stereocenters. The molecule has 0 spiro atoms. The van der Waals surface area contributed by atoms with Crippen LogP contribution in [0.4, 0.5) is 0 Å². The molecular formula is C14H26N2O2. The van der Waals surface area contributed by atoms with Gasteiger partial charge in [0.05, 0.1) is 6.10 Å². The van der Waals surface area contributed by atoms with E-state index in [1.165, 1.54) is 12.8 Å². The summed E-state index contributed by atoms with van der Waals surface area (Å²) in [6, 6.07) is 0.663. The minimum Gasteiger partial charge on any atom is -0.378 e. The highest BCUT2D eigenvalue weighted by molar-refractivity contribution is 5.77. The Kier molecular flexibility index (Phi) is 5.01. The third-order valence-electron chi connectivity index (χ3n) is 4.19. The summed E-state index contributed by atoms with van der Waals surface area (Å²) >= 11 is 0. The van der Waals surface area contributed by atoms with Gasteiger partial charge in [-0.25, -0.2) is 0 Å². The van der Waals surface area contributed by atoms with Gasteiger partial charge >= 0.3 is 0 Å². The molecule has 18 heavy (non-hydrogen) atoms. The van der Waals surface area contributed by atoms with Gasteiger partial charge in [0.25, 0.3) is 0 Å². The average molecular weight is 254 g/mol. The predicted molar refractivity (Wildman–Crippen MR) is 71.4 cm³/mol. The van der Waals surface area contributed by atoms with Crippen LogP contribution >= 0.6 is 0 Å². The van der Waals surface area contributed by atoms with Gasteiger partial charge in [0, 0.05) is 25.1 Å². The van der Waals surface area contributed by atoms with Crippen LogP contribution in [0.1, 0.15) is 46.0 Å². The predicted octanol–water partition coefficient (Wildman–Crippen LogP) is 1.45. The van der Waals surface area contributed by atoms with Crippen molar-refractivity contribution in [1.82, 2.24) is 10.6 Å². The van der Waals surface area contributed by atoms with Crippen LogP contribution in [-0.4, -0.2) is 37.2 Å². The smallest absolute Gasteiger partial charge is 0.221 e. The normalized spacial score (nSPS) is 37.2. The lowest BCUT2D eigenvalue weighted by Crippen LogP contribution is -2.46. The number of carbonyl (C=O) groups is 1. The molecule has 1 amide bonds. The molecule has 0 aliphatic carbocycles. The van der Waals surface area contributed by atoms with Gasteiger partial charge in [-0.2, -0.15) is 0 Å². The van der Waals surface area contributed by atoms with Gasteiger partial charge in [-0.1, -0.05) is 6.92 Å². The van der Waals surface area contributed by atoms with Crippen LogP contribution in [0.15, 0.2) is 0 Å². The highest BCUT2D eigenvalue weighted by Gasteiger charge is 2.25. The Morgan fingerprint density at radius 3 is 2.94 bits per heavy atom. The second kappa shape index (κ2) is 6.53. The summed E-state index contributed by atoms with van der Waals surface area (Å²) in [4.78, 5) is 12.0. The Balaban J connectivity index is 1.74. The van der Waals surface area contributed by atoms with E-state index in [4.69, 9.17) is 4.74 Å². The molecule has 0 bridgehead atoms. The molecule has 0 saturated carbocycles. The van der Waals surface area contributed by atoms with Gasteiger partial charge in [0.2, 0.25) is 5.91 Å². The van der Waals surface area contributed by atoms with Crippen molar-refractivity contribution in [1.29, 1.82) is 0 Å². The average Bonchev–Trinajstić information content (AvgIpc) is 2.32. The van der Waals surface area contributed by atoms with Gasteiger partial charge in [-0.15, -0.1) is 0 Å². The van der Waals surface area contributed by atoms with Crippen molar-refractivity contribution in [2.75, 3.05) is 13.2 Å². The summed E-state index contributed by atoms with van der Waals surface area (Å²) in [6.07, 6.45) is 5.25. The molecule has 2 fully saturated rings. The van der Waals surface area contributed by atoms with E-state index >= 15 is 0 Å². The quantitative estimate of drug-likeness (QED) is 0.801. The van der Waals surface area contributed by atoms with E-state index in [0.717, 1.165) is 26.0 Å². The zero-order valence-electron chi connectivity index (χ0n) is 11.6. The minimum atomic E-state index is 0.195. The number of hydrogen-bond donors (Lipinski definition) is 2. The van der Waals surface area contributed by atoms with Crippen LogP contribution in [0, 0.1) is 5.92 Å². The number of amides is 1. The molecule has 0 radical (unpaired) electrons. The zero-order valence-corrected chi connectivity index (χ0v) is 11.6. The molecule has 0 aromatic heterocycles. The molecule has 2 rings (SSSR count). The first-order valence-corrected chi connectivity index (χ1v) is 7.29. The third-order valence-corrected chi connectivity index (χ3v) is 4.19. The Morgan fingerprint density at radius 1 is 1.39 bits per heavy atom. The van der Waals surface area contributed by atoms with Crippen LogP contribution in [-0.2, 0) is 9.53 Å². The number of ether oxygens (including phenoxy) is 1. The van der Waals surface area contributed by atoms with E-state index in [2.05, 4.69) is 24.5 Å². The van der Waals surface area contributed by atoms with E-state index in [1.807, 2.05) is 0 Å². The second-order valence-electron chi connectivity index (χ2n) is 5.85. The second-order valence-corrected chi connectivity index (χ2v) is 5.85. The van der Waals surface area contributed by atoms with Gasteiger partial charge in [0.1, 0.15) is 0 Å². The molecule has 2 aliphatic rings. The Hall–Kier alpha value is -0.610. The summed E-state index contributed by atoms with van der Waals surface area (Å²) in [5.74, 6) is 0.804. The standard InChI is InChI=1S/C14H26N2O2/c1-10-4-3-6-15-13(10)9-14(17)16-12-5-7-18-11(2)8-12/h10-13,15H,3-9H2,1-2H3,(H,16,17). The van der Waals surface area contributed by atoms with Crippen molar-refractivity contribution in [2.45, 2.75) is 64.1 Å². The van der Waals surface area contributed by atoms with E-state index < -0.39 is 0 Å². The largest absolute Gasteiger partial charge is 0.378 e. The topological polar surface area (TPSA) is 50.4 Å². The summed E-state index contributed by atoms with van der Waals surface area (Å²) in [5, 5.41) is 6.62. The molecule has 2 saturated heterocycles. The maximum absolute atomic E-state index is 12.0. The molecule has 2 N–H and O–H groups in total. The molecule has 2 aliphatic heterocycles. The lowest BCUT2D eigenvalue weighted by Gasteiger charge is -2.31. The fraction of sp³-hybridized carbons (Fsp3) is 0.929. The van der Waals surface area contributed by atoms with Gasteiger partial charge in [-0.3, -0.25) is 4.79 Å². The molecule has 4 nitrogen and oxygen atoms in total. The summed E-state index contributed by atoms with van der Waals surface area (Å²) < 4.78 is 5.49. The Bertz CT molecular complexity index is 283.